The maximum Gasteiger partial charge on any atom is 0.453 e. The molecule has 0 aliphatic carbocycles. The van der Waals surface area contributed by atoms with Crippen molar-refractivity contribution in [3.8, 4) is 0 Å². The summed E-state index contributed by atoms with van der Waals surface area (Å²) >= 11 is 0. The van der Waals surface area contributed by atoms with E-state index in [9.17, 15) is 13.2 Å². The Hall–Kier alpha value is -1.11. The molecule has 0 aliphatic heterocycles. The van der Waals surface area contributed by atoms with Crippen molar-refractivity contribution in [3.63, 3.8) is 0 Å². The number of nitrogens with zero attached hydrogens (tertiary/aromatic N) is 2. The van der Waals surface area contributed by atoms with Gasteiger partial charge >= 0.3 is 6.18 Å². The van der Waals surface area contributed by atoms with E-state index in [-0.39, 0.29) is 18.3 Å². The van der Waals surface area contributed by atoms with Crippen LogP contribution in [0.5, 0.6) is 0 Å². The van der Waals surface area contributed by atoms with Gasteiger partial charge in [0.05, 0.1) is 0 Å². The van der Waals surface area contributed by atoms with Crippen LogP contribution in [-0.4, -0.2) is 21.2 Å². The molecule has 0 spiro atoms. The Morgan fingerprint density at radius 2 is 2.15 bits per heavy atom. The third-order valence-corrected chi connectivity index (χ3v) is 1.30. The third kappa shape index (κ3) is 2.69. The quantitative estimate of drug-likeness (QED) is 0.728. The molecule has 0 bridgehead atoms. The van der Waals surface area contributed by atoms with E-state index in [2.05, 4.69) is 15.2 Å². The Labute approximate surface area is 72.3 Å². The van der Waals surface area contributed by atoms with Gasteiger partial charge in [0.2, 0.25) is 0 Å². The van der Waals surface area contributed by atoms with E-state index in [4.69, 9.17) is 5.73 Å². The lowest BCUT2D eigenvalue weighted by Gasteiger charge is -1.99. The molecule has 0 amide bonds. The van der Waals surface area contributed by atoms with Crippen LogP contribution in [0.25, 0.3) is 0 Å². The van der Waals surface area contributed by atoms with E-state index in [1.807, 2.05) is 0 Å². The van der Waals surface area contributed by atoms with Gasteiger partial charge in [0.25, 0.3) is 5.82 Å². The Bertz CT molecular complexity index is 278. The summed E-state index contributed by atoms with van der Waals surface area (Å²) in [5, 5.41) is 5.21. The molecule has 0 aromatic carbocycles. The first kappa shape index (κ1) is 9.97. The predicted octanol–water partition coefficient (Wildman–Crippen LogP) is 0.713. The number of alkyl halides is 3. The first-order valence-electron chi connectivity index (χ1n) is 3.63. The van der Waals surface area contributed by atoms with Crippen LogP contribution in [0.2, 0.25) is 0 Å². The fraction of sp³-hybridized carbons (Fsp3) is 0.667. The predicted molar refractivity (Wildman–Crippen MR) is 38.7 cm³/mol. The van der Waals surface area contributed by atoms with Crippen molar-refractivity contribution in [2.24, 2.45) is 5.73 Å². The molecule has 0 aliphatic rings. The van der Waals surface area contributed by atoms with Crippen molar-refractivity contribution in [1.82, 2.24) is 15.2 Å². The van der Waals surface area contributed by atoms with Crippen molar-refractivity contribution in [2.75, 3.05) is 0 Å². The maximum absolute atomic E-state index is 12.0. The van der Waals surface area contributed by atoms with E-state index in [1.54, 1.807) is 6.92 Å². The molecule has 0 unspecified atom stereocenters. The van der Waals surface area contributed by atoms with Crippen molar-refractivity contribution in [3.05, 3.63) is 11.6 Å². The molecular weight excluding hydrogens is 185 g/mol. The van der Waals surface area contributed by atoms with E-state index in [1.165, 1.54) is 0 Å². The number of aromatic nitrogens is 3. The molecule has 3 N–H and O–H groups in total. The molecule has 1 atom stereocenters. The molecule has 13 heavy (non-hydrogen) atoms. The second-order valence-electron chi connectivity index (χ2n) is 2.78. The number of nitrogens with two attached hydrogens (primary N) is 1. The van der Waals surface area contributed by atoms with Gasteiger partial charge in [-0.1, -0.05) is 0 Å². The summed E-state index contributed by atoms with van der Waals surface area (Å²) in [5.74, 6) is -0.995. The highest BCUT2D eigenvalue weighted by Gasteiger charge is 2.35. The summed E-state index contributed by atoms with van der Waals surface area (Å²) in [6.45, 7) is 1.68. The van der Waals surface area contributed by atoms with Crippen LogP contribution in [0.15, 0.2) is 0 Å². The smallest absolute Gasteiger partial charge is 0.328 e. The molecular formula is C6H9F3N4. The highest BCUT2D eigenvalue weighted by Crippen LogP contribution is 2.25. The number of aromatic amines is 1. The average molecular weight is 194 g/mol. The molecule has 0 saturated heterocycles. The highest BCUT2D eigenvalue weighted by atomic mass is 19.4. The molecule has 0 saturated carbocycles. The van der Waals surface area contributed by atoms with E-state index >= 15 is 0 Å². The minimum atomic E-state index is -4.49. The minimum absolute atomic E-state index is 0.155. The molecule has 0 radical (unpaired) electrons. The normalized spacial score (nSPS) is 14.5. The van der Waals surface area contributed by atoms with Gasteiger partial charge in [-0.05, 0) is 6.92 Å². The summed E-state index contributed by atoms with van der Waals surface area (Å²) < 4.78 is 35.9. The van der Waals surface area contributed by atoms with Crippen LogP contribution < -0.4 is 5.73 Å². The van der Waals surface area contributed by atoms with Gasteiger partial charge < -0.3 is 5.73 Å². The van der Waals surface area contributed by atoms with Crippen LogP contribution in [0.4, 0.5) is 13.2 Å². The summed E-state index contributed by atoms with van der Waals surface area (Å²) in [6.07, 6.45) is -4.24. The number of hydrogen-bond acceptors (Lipinski definition) is 3. The van der Waals surface area contributed by atoms with E-state index < -0.39 is 12.0 Å². The van der Waals surface area contributed by atoms with Gasteiger partial charge in [0.1, 0.15) is 5.82 Å². The first-order valence-corrected chi connectivity index (χ1v) is 3.63. The Kier molecular flexibility index (Phi) is 2.55. The zero-order chi connectivity index (χ0) is 10.1. The van der Waals surface area contributed by atoms with Gasteiger partial charge in [0, 0.05) is 12.5 Å². The molecule has 1 rings (SSSR count). The molecule has 74 valence electrons. The van der Waals surface area contributed by atoms with Gasteiger partial charge in [-0.2, -0.15) is 13.2 Å². The van der Waals surface area contributed by atoms with Crippen molar-refractivity contribution >= 4 is 0 Å². The Balaban J connectivity index is 2.75. The van der Waals surface area contributed by atoms with Gasteiger partial charge in [-0.15, -0.1) is 5.10 Å². The molecule has 1 aromatic rings. The maximum atomic E-state index is 12.0. The lowest BCUT2D eigenvalue weighted by atomic mass is 10.2. The van der Waals surface area contributed by atoms with Crippen LogP contribution in [0.1, 0.15) is 18.6 Å². The number of hydrogen-bond donors (Lipinski definition) is 2. The fourth-order valence-corrected chi connectivity index (χ4v) is 0.818. The second-order valence-corrected chi connectivity index (χ2v) is 2.78. The monoisotopic (exact) mass is 194 g/mol. The number of halogens is 3. The fourth-order valence-electron chi connectivity index (χ4n) is 0.818. The van der Waals surface area contributed by atoms with Gasteiger partial charge in [0.15, 0.2) is 0 Å². The van der Waals surface area contributed by atoms with Crippen LogP contribution in [-0.2, 0) is 12.6 Å². The average Bonchev–Trinajstić information content (AvgIpc) is 2.32. The molecule has 1 aromatic heterocycles. The lowest BCUT2D eigenvalue weighted by Crippen LogP contribution is -2.18. The van der Waals surface area contributed by atoms with Crippen LogP contribution in [0, 0.1) is 0 Å². The van der Waals surface area contributed by atoms with Gasteiger partial charge in [-0.3, -0.25) is 5.10 Å². The number of rotatable bonds is 2. The lowest BCUT2D eigenvalue weighted by molar-refractivity contribution is -0.144. The van der Waals surface area contributed by atoms with E-state index in [0.717, 1.165) is 0 Å². The largest absolute Gasteiger partial charge is 0.453 e. The van der Waals surface area contributed by atoms with Crippen molar-refractivity contribution < 1.29 is 13.2 Å². The van der Waals surface area contributed by atoms with Crippen LogP contribution >= 0.6 is 0 Å². The summed E-state index contributed by atoms with van der Waals surface area (Å²) in [6, 6.07) is -0.242. The zero-order valence-electron chi connectivity index (χ0n) is 6.89. The molecule has 1 heterocycles. The van der Waals surface area contributed by atoms with Crippen molar-refractivity contribution in [1.29, 1.82) is 0 Å². The minimum Gasteiger partial charge on any atom is -0.328 e. The Morgan fingerprint density at radius 3 is 2.54 bits per heavy atom. The second kappa shape index (κ2) is 3.33. The molecule has 4 nitrogen and oxygen atoms in total. The third-order valence-electron chi connectivity index (χ3n) is 1.30. The topological polar surface area (TPSA) is 67.6 Å². The summed E-state index contributed by atoms with van der Waals surface area (Å²) in [5.41, 5.74) is 5.37. The summed E-state index contributed by atoms with van der Waals surface area (Å²) in [4.78, 5) is 3.25. The summed E-state index contributed by atoms with van der Waals surface area (Å²) in [7, 11) is 0. The number of nitrogens with one attached hydrogen (secondary N) is 1. The van der Waals surface area contributed by atoms with E-state index in [0.29, 0.717) is 0 Å². The zero-order valence-corrected chi connectivity index (χ0v) is 6.89. The number of H-pyrrole nitrogens is 1. The van der Waals surface area contributed by atoms with Crippen LogP contribution in [0.3, 0.4) is 0 Å². The molecule has 0 fully saturated rings. The molecule has 7 heteroatoms. The SMILES string of the molecule is C[C@@H](N)Cc1nc(C(F)(F)F)n[nH]1. The first-order chi connectivity index (χ1) is 5.89. The standard InChI is InChI=1S/C6H9F3N4/c1-3(10)2-4-11-5(13-12-4)6(7,8)9/h3H,2,10H2,1H3,(H,11,12,13)/t3-/m1/s1. The Morgan fingerprint density at radius 1 is 1.54 bits per heavy atom. The van der Waals surface area contributed by atoms with Gasteiger partial charge in [-0.25, -0.2) is 4.98 Å². The highest BCUT2D eigenvalue weighted by molar-refractivity contribution is 4.95. The van der Waals surface area contributed by atoms with Crippen molar-refractivity contribution in [2.45, 2.75) is 25.6 Å².